The molecule has 2 N–H and O–H groups in total. The van der Waals surface area contributed by atoms with Crippen LogP contribution in [0.1, 0.15) is 24.5 Å². The smallest absolute Gasteiger partial charge is 0.120 e. The van der Waals surface area contributed by atoms with Crippen molar-refractivity contribution in [3.05, 3.63) is 63.6 Å². The van der Waals surface area contributed by atoms with Crippen molar-refractivity contribution in [3.63, 3.8) is 0 Å². The van der Waals surface area contributed by atoms with E-state index in [9.17, 15) is 5.11 Å². The summed E-state index contributed by atoms with van der Waals surface area (Å²) in [6.07, 6.45) is 0.891. The molecule has 1 unspecified atom stereocenters. The van der Waals surface area contributed by atoms with E-state index in [1.165, 1.54) is 0 Å². The van der Waals surface area contributed by atoms with Crippen LogP contribution in [0, 0.1) is 0 Å². The maximum absolute atomic E-state index is 9.21. The summed E-state index contributed by atoms with van der Waals surface area (Å²) in [6.45, 7) is 3.27. The van der Waals surface area contributed by atoms with E-state index >= 15 is 0 Å². The Morgan fingerprint density at radius 2 is 2.00 bits per heavy atom. The molecule has 0 aliphatic rings. The first-order valence-electron chi connectivity index (χ1n) is 7.62. The highest BCUT2D eigenvalue weighted by Crippen LogP contribution is 2.23. The van der Waals surface area contributed by atoms with Crippen molar-refractivity contribution >= 4 is 23.2 Å². The lowest BCUT2D eigenvalue weighted by Gasteiger charge is -2.14. The van der Waals surface area contributed by atoms with E-state index in [0.717, 1.165) is 23.3 Å². The second kappa shape index (κ2) is 9.14. The maximum Gasteiger partial charge on any atom is 0.120 e. The first-order valence-corrected chi connectivity index (χ1v) is 8.38. The third kappa shape index (κ3) is 5.70. The van der Waals surface area contributed by atoms with E-state index in [-0.39, 0.29) is 12.6 Å². The molecule has 0 aliphatic carbocycles. The lowest BCUT2D eigenvalue weighted by atomic mass is 10.2. The molecule has 0 fully saturated rings. The number of halogens is 2. The molecule has 2 rings (SSSR count). The minimum atomic E-state index is 0.118. The van der Waals surface area contributed by atoms with Gasteiger partial charge in [0.05, 0.1) is 6.61 Å². The molecule has 0 amide bonds. The third-order valence-electron chi connectivity index (χ3n) is 3.62. The van der Waals surface area contributed by atoms with Crippen LogP contribution in [0.5, 0.6) is 5.75 Å². The largest absolute Gasteiger partial charge is 0.489 e. The third-order valence-corrected chi connectivity index (χ3v) is 4.20. The fourth-order valence-electron chi connectivity index (χ4n) is 2.15. The van der Waals surface area contributed by atoms with Crippen LogP contribution in [-0.2, 0) is 13.2 Å². The summed E-state index contributed by atoms with van der Waals surface area (Å²) in [6, 6.07) is 13.4. The van der Waals surface area contributed by atoms with E-state index < -0.39 is 0 Å². The topological polar surface area (TPSA) is 41.5 Å². The highest BCUT2D eigenvalue weighted by molar-refractivity contribution is 6.35. The Bertz CT molecular complexity index is 630. The van der Waals surface area contributed by atoms with Gasteiger partial charge in [0.2, 0.25) is 0 Å². The zero-order chi connectivity index (χ0) is 16.7. The highest BCUT2D eigenvalue weighted by Gasteiger charge is 2.05. The molecule has 0 bridgehead atoms. The van der Waals surface area contributed by atoms with Crippen LogP contribution in [-0.4, -0.2) is 17.8 Å². The number of aliphatic hydroxyl groups is 1. The molecule has 0 saturated heterocycles. The van der Waals surface area contributed by atoms with E-state index in [0.29, 0.717) is 23.2 Å². The Morgan fingerprint density at radius 1 is 1.17 bits per heavy atom. The average molecular weight is 354 g/mol. The Balaban J connectivity index is 1.94. The van der Waals surface area contributed by atoms with Gasteiger partial charge in [0.15, 0.2) is 0 Å². The van der Waals surface area contributed by atoms with Gasteiger partial charge in [-0.3, -0.25) is 0 Å². The average Bonchev–Trinajstić information content (AvgIpc) is 2.55. The van der Waals surface area contributed by atoms with Crippen LogP contribution >= 0.6 is 23.2 Å². The summed E-state index contributed by atoms with van der Waals surface area (Å²) in [4.78, 5) is 0. The molecule has 2 aromatic carbocycles. The van der Waals surface area contributed by atoms with Gasteiger partial charge in [-0.1, -0.05) is 48.3 Å². The molecule has 2 aromatic rings. The van der Waals surface area contributed by atoms with Crippen LogP contribution in [0.15, 0.2) is 42.5 Å². The fraction of sp³-hybridized carbons (Fsp3) is 0.333. The number of hydrogen-bond acceptors (Lipinski definition) is 3. The molecule has 3 nitrogen and oxygen atoms in total. The number of aliphatic hydroxyl groups excluding tert-OH is 1. The van der Waals surface area contributed by atoms with E-state index in [1.54, 1.807) is 12.1 Å². The number of benzene rings is 2. The predicted molar refractivity (Wildman–Crippen MR) is 95.2 cm³/mol. The van der Waals surface area contributed by atoms with E-state index in [1.807, 2.05) is 37.3 Å². The molecular formula is C18H21Cl2NO2. The SMILES string of the molecule is CCC(CO)NCc1cccc(OCc2ccc(Cl)cc2Cl)c1. The fourth-order valence-corrected chi connectivity index (χ4v) is 2.61. The first kappa shape index (κ1) is 18.1. The molecule has 124 valence electrons. The van der Waals surface area contributed by atoms with Gasteiger partial charge >= 0.3 is 0 Å². The summed E-state index contributed by atoms with van der Waals surface area (Å²) < 4.78 is 5.81. The predicted octanol–water partition coefficient (Wildman–Crippen LogP) is 4.43. The summed E-state index contributed by atoms with van der Waals surface area (Å²) in [5, 5.41) is 13.7. The van der Waals surface area contributed by atoms with E-state index in [2.05, 4.69) is 5.32 Å². The molecule has 0 heterocycles. The highest BCUT2D eigenvalue weighted by atomic mass is 35.5. The monoisotopic (exact) mass is 353 g/mol. The second-order valence-corrected chi connectivity index (χ2v) is 6.18. The Hall–Kier alpha value is -1.26. The zero-order valence-electron chi connectivity index (χ0n) is 13.1. The molecular weight excluding hydrogens is 333 g/mol. The maximum atomic E-state index is 9.21. The summed E-state index contributed by atoms with van der Waals surface area (Å²) >= 11 is 12.0. The van der Waals surface area contributed by atoms with Gasteiger partial charge in [0.25, 0.3) is 0 Å². The van der Waals surface area contributed by atoms with Gasteiger partial charge in [-0.05, 0) is 36.2 Å². The summed E-state index contributed by atoms with van der Waals surface area (Å²) in [5.74, 6) is 0.785. The van der Waals surface area contributed by atoms with Crippen molar-refractivity contribution in [2.75, 3.05) is 6.61 Å². The van der Waals surface area contributed by atoms with Crippen LogP contribution in [0.4, 0.5) is 0 Å². The van der Waals surface area contributed by atoms with Gasteiger partial charge < -0.3 is 15.2 Å². The van der Waals surface area contributed by atoms with Crippen molar-refractivity contribution in [2.24, 2.45) is 0 Å². The van der Waals surface area contributed by atoms with Crippen LogP contribution in [0.3, 0.4) is 0 Å². The minimum Gasteiger partial charge on any atom is -0.489 e. The van der Waals surface area contributed by atoms with Crippen molar-refractivity contribution in [3.8, 4) is 5.75 Å². The standard InChI is InChI=1S/C18H21Cl2NO2/c1-2-16(11-22)21-10-13-4-3-5-17(8-13)23-12-14-6-7-15(19)9-18(14)20/h3-9,16,21-22H,2,10-12H2,1H3. The van der Waals surface area contributed by atoms with Crippen LogP contribution in [0.25, 0.3) is 0 Å². The van der Waals surface area contributed by atoms with Gasteiger partial charge in [-0.25, -0.2) is 0 Å². The summed E-state index contributed by atoms with van der Waals surface area (Å²) in [5.41, 5.74) is 2.00. The lowest BCUT2D eigenvalue weighted by molar-refractivity contribution is 0.238. The van der Waals surface area contributed by atoms with Crippen molar-refractivity contribution < 1.29 is 9.84 Å². The van der Waals surface area contributed by atoms with Gasteiger partial charge in [-0.15, -0.1) is 0 Å². The van der Waals surface area contributed by atoms with E-state index in [4.69, 9.17) is 27.9 Å². The van der Waals surface area contributed by atoms with Gasteiger partial charge in [0, 0.05) is 28.2 Å². The lowest BCUT2D eigenvalue weighted by Crippen LogP contribution is -2.31. The van der Waals surface area contributed by atoms with Gasteiger partial charge in [0.1, 0.15) is 12.4 Å². The van der Waals surface area contributed by atoms with Crippen LogP contribution < -0.4 is 10.1 Å². The Labute approximate surface area is 147 Å². The normalized spacial score (nSPS) is 12.2. The van der Waals surface area contributed by atoms with Crippen molar-refractivity contribution in [1.82, 2.24) is 5.32 Å². The van der Waals surface area contributed by atoms with Crippen LogP contribution in [0.2, 0.25) is 10.0 Å². The zero-order valence-corrected chi connectivity index (χ0v) is 14.6. The Morgan fingerprint density at radius 3 is 2.70 bits per heavy atom. The molecule has 23 heavy (non-hydrogen) atoms. The summed E-state index contributed by atoms with van der Waals surface area (Å²) in [7, 11) is 0. The van der Waals surface area contributed by atoms with Crippen molar-refractivity contribution in [1.29, 1.82) is 0 Å². The molecule has 1 atom stereocenters. The molecule has 5 heteroatoms. The Kier molecular flexibility index (Phi) is 7.18. The minimum absolute atomic E-state index is 0.118. The number of ether oxygens (including phenoxy) is 1. The second-order valence-electron chi connectivity index (χ2n) is 5.34. The molecule has 0 radical (unpaired) electrons. The molecule has 0 aliphatic heterocycles. The number of hydrogen-bond donors (Lipinski definition) is 2. The van der Waals surface area contributed by atoms with Gasteiger partial charge in [-0.2, -0.15) is 0 Å². The molecule has 0 aromatic heterocycles. The molecule has 0 saturated carbocycles. The first-order chi connectivity index (χ1) is 11.1. The number of nitrogens with one attached hydrogen (secondary N) is 1. The molecule has 0 spiro atoms. The van der Waals surface area contributed by atoms with Crippen molar-refractivity contribution in [2.45, 2.75) is 32.5 Å². The quantitative estimate of drug-likeness (QED) is 0.737. The number of rotatable bonds is 8.